The summed E-state index contributed by atoms with van der Waals surface area (Å²) in [6.45, 7) is 1.29. The third kappa shape index (κ3) is 5.08. The molecule has 0 aromatic carbocycles. The van der Waals surface area contributed by atoms with Crippen LogP contribution in [0.15, 0.2) is 22.1 Å². The molecular weight excluding hydrogens is 334 g/mol. The average molecular weight is 361 g/mol. The van der Waals surface area contributed by atoms with Crippen LogP contribution in [0.2, 0.25) is 10.5 Å². The molecule has 2 aliphatic rings. The molecule has 1 atom stereocenters. The Morgan fingerprint density at radius 3 is 2.28 bits per heavy atom. The van der Waals surface area contributed by atoms with E-state index in [0.29, 0.717) is 0 Å². The summed E-state index contributed by atoms with van der Waals surface area (Å²) in [4.78, 5) is 0. The Morgan fingerprint density at radius 2 is 1.78 bits per heavy atom. The van der Waals surface area contributed by atoms with E-state index in [1.165, 1.54) is 45.1 Å². The third-order valence-electron chi connectivity index (χ3n) is 4.07. The van der Waals surface area contributed by atoms with Crippen LogP contribution < -0.4 is 0 Å². The number of hydrogen-bond acceptors (Lipinski definition) is 0. The van der Waals surface area contributed by atoms with Gasteiger partial charge in [0.15, 0.2) is 0 Å². The van der Waals surface area contributed by atoms with E-state index < -0.39 is 13.5 Å². The van der Waals surface area contributed by atoms with E-state index in [0.717, 1.165) is 5.66 Å². The summed E-state index contributed by atoms with van der Waals surface area (Å²) in [6, 6.07) is 0. The predicted molar refractivity (Wildman–Crippen MR) is 91.8 cm³/mol. The van der Waals surface area contributed by atoms with Gasteiger partial charge in [0.25, 0.3) is 0 Å². The molecule has 0 saturated heterocycles. The minimum absolute atomic E-state index is 0. The SMILES string of the molecule is Cl.Cl.[CH3][Ti]([CH3])(=[SiH2])([PH]C1CCCCC1)[C]1=CC=CC1. The standard InChI is InChI=1S/C6H12P.C5H5.2CH3.2ClH.H2Si.Ti/c7-6-4-2-1-3-5-6;1-2-4-5-3-1;;;;;;/h6-7H,1-5H2;1-3H,4H2;2*1H3;2*1H;1H2;/q-1;;;;;;;+1. The normalized spacial score (nSPS) is 21.6. The number of hydrogen-bond donors (Lipinski definition) is 0. The van der Waals surface area contributed by atoms with E-state index in [-0.39, 0.29) is 24.8 Å². The van der Waals surface area contributed by atoms with Crippen molar-refractivity contribution in [1.29, 1.82) is 0 Å². The molecule has 0 nitrogen and oxygen atoms in total. The van der Waals surface area contributed by atoms with E-state index in [1.54, 1.807) is 0 Å². The van der Waals surface area contributed by atoms with E-state index in [1.807, 2.05) is 3.88 Å². The summed E-state index contributed by atoms with van der Waals surface area (Å²) in [5.74, 6) is 0. The summed E-state index contributed by atoms with van der Waals surface area (Å²) in [7, 11) is 2.42. The Labute approximate surface area is 128 Å². The summed E-state index contributed by atoms with van der Waals surface area (Å²) >= 11 is -2.20. The molecule has 0 spiro atoms. The van der Waals surface area contributed by atoms with Crippen LogP contribution in [0.25, 0.3) is 0 Å². The second-order valence-electron chi connectivity index (χ2n) is 6.49. The first-order valence-corrected chi connectivity index (χ1v) is 18.0. The van der Waals surface area contributed by atoms with Crippen LogP contribution >= 0.6 is 31.4 Å². The van der Waals surface area contributed by atoms with Gasteiger partial charge < -0.3 is 0 Å². The van der Waals surface area contributed by atoms with Gasteiger partial charge in [0.05, 0.1) is 0 Å². The van der Waals surface area contributed by atoms with E-state index >= 15 is 0 Å². The van der Waals surface area contributed by atoms with Crippen molar-refractivity contribution in [2.45, 2.75) is 54.6 Å². The molecular formula is C13H27Cl2PSiTi. The quantitative estimate of drug-likeness (QED) is 0.494. The van der Waals surface area contributed by atoms with Gasteiger partial charge >= 0.3 is 104 Å². The Morgan fingerprint density at radius 1 is 1.17 bits per heavy atom. The molecule has 0 N–H and O–H groups in total. The van der Waals surface area contributed by atoms with Gasteiger partial charge in [0.1, 0.15) is 0 Å². The molecule has 0 aromatic rings. The van der Waals surface area contributed by atoms with Crippen molar-refractivity contribution >= 4 is 39.0 Å². The summed E-state index contributed by atoms with van der Waals surface area (Å²) in [5, 5.41) is 5.34. The van der Waals surface area contributed by atoms with Gasteiger partial charge in [-0.3, -0.25) is 0 Å². The van der Waals surface area contributed by atoms with E-state index in [2.05, 4.69) is 36.3 Å². The Hall–Kier alpha value is 1.42. The predicted octanol–water partition coefficient (Wildman–Crippen LogP) is 4.93. The fourth-order valence-corrected chi connectivity index (χ4v) is 21.2. The second kappa shape index (κ2) is 7.44. The van der Waals surface area contributed by atoms with Gasteiger partial charge in [-0.15, -0.1) is 24.8 Å². The van der Waals surface area contributed by atoms with Gasteiger partial charge in [-0.1, -0.05) is 0 Å². The van der Waals surface area contributed by atoms with Crippen LogP contribution in [-0.4, -0.2) is 13.3 Å². The molecule has 0 bridgehead atoms. The van der Waals surface area contributed by atoms with Crippen molar-refractivity contribution in [1.82, 2.24) is 0 Å². The van der Waals surface area contributed by atoms with Gasteiger partial charge in [-0.25, -0.2) is 0 Å². The maximum atomic E-state index is 2.67. The second-order valence-corrected chi connectivity index (χ2v) is 36.6. The molecule has 106 valence electrons. The van der Waals surface area contributed by atoms with Crippen molar-refractivity contribution in [3.05, 3.63) is 22.1 Å². The molecule has 0 radical (unpaired) electrons. The molecule has 0 aliphatic heterocycles. The third-order valence-corrected chi connectivity index (χ3v) is 21.8. The fraction of sp³-hybridized carbons (Fsp3) is 0.692. The van der Waals surface area contributed by atoms with Crippen molar-refractivity contribution in [2.24, 2.45) is 0 Å². The zero-order chi connectivity index (χ0) is 11.7. The van der Waals surface area contributed by atoms with Crippen molar-refractivity contribution in [3.8, 4) is 0 Å². The molecule has 0 amide bonds. The maximum absolute atomic E-state index is 2.67. The molecule has 0 aromatic heterocycles. The van der Waals surface area contributed by atoms with Gasteiger partial charge in [0, 0.05) is 0 Å². The van der Waals surface area contributed by atoms with E-state index in [4.69, 9.17) is 0 Å². The molecule has 5 heteroatoms. The topological polar surface area (TPSA) is 0 Å². The van der Waals surface area contributed by atoms with E-state index in [9.17, 15) is 0 Å². The average Bonchev–Trinajstić information content (AvgIpc) is 2.71. The minimum atomic E-state index is -2.20. The summed E-state index contributed by atoms with van der Waals surface area (Å²) < 4.78 is 1.85. The van der Waals surface area contributed by atoms with Crippen LogP contribution in [0.5, 0.6) is 0 Å². The van der Waals surface area contributed by atoms with Gasteiger partial charge in [-0.05, 0) is 0 Å². The first-order chi connectivity index (χ1) is 7.46. The molecule has 1 saturated carbocycles. The fourth-order valence-electron chi connectivity index (χ4n) is 3.04. The van der Waals surface area contributed by atoms with Crippen LogP contribution in [0.3, 0.4) is 0 Å². The Bertz CT molecular complexity index is 392. The van der Waals surface area contributed by atoms with Crippen LogP contribution in [-0.2, 0) is 13.5 Å². The Kier molecular flexibility index (Phi) is 8.02. The number of rotatable bonds is 3. The van der Waals surface area contributed by atoms with Crippen molar-refractivity contribution in [3.63, 3.8) is 0 Å². The first-order valence-electron chi connectivity index (χ1n) is 6.68. The molecule has 2 rings (SSSR count). The monoisotopic (exact) mass is 360 g/mol. The van der Waals surface area contributed by atoms with Crippen molar-refractivity contribution in [2.75, 3.05) is 0 Å². The van der Waals surface area contributed by atoms with Crippen LogP contribution in [0, 0.1) is 0 Å². The van der Waals surface area contributed by atoms with Gasteiger partial charge in [-0.2, -0.15) is 0 Å². The molecule has 18 heavy (non-hydrogen) atoms. The van der Waals surface area contributed by atoms with Crippen LogP contribution in [0.4, 0.5) is 0 Å². The zero-order valence-electron chi connectivity index (χ0n) is 11.6. The number of allylic oxidation sites excluding steroid dienone is 4. The molecule has 0 heterocycles. The number of halogens is 2. The molecule has 1 unspecified atom stereocenters. The van der Waals surface area contributed by atoms with Gasteiger partial charge in [0.2, 0.25) is 0 Å². The zero-order valence-corrected chi connectivity index (χ0v) is 17.2. The summed E-state index contributed by atoms with van der Waals surface area (Å²) in [5.41, 5.74) is 1.08. The first kappa shape index (κ1) is 19.4. The Balaban J connectivity index is 0.00000144. The van der Waals surface area contributed by atoms with Crippen molar-refractivity contribution < 1.29 is 13.5 Å². The van der Waals surface area contributed by atoms with Crippen LogP contribution in [0.1, 0.15) is 38.5 Å². The molecule has 2 aliphatic carbocycles. The molecule has 1 fully saturated rings. The summed E-state index contributed by atoms with van der Waals surface area (Å²) in [6.07, 6.45) is 15.9.